The number of sulfone groups is 1. The van der Waals surface area contributed by atoms with E-state index < -0.39 is 9.84 Å². The molecule has 2 unspecified atom stereocenters. The Labute approximate surface area is 119 Å². The molecule has 4 nitrogen and oxygen atoms in total. The lowest BCUT2D eigenvalue weighted by molar-refractivity contribution is 0.0931. The van der Waals surface area contributed by atoms with E-state index in [-0.39, 0.29) is 22.8 Å². The first-order chi connectivity index (χ1) is 8.75. The van der Waals surface area contributed by atoms with Gasteiger partial charge in [-0.05, 0) is 37.1 Å². The molecular weight excluding hydrogens is 286 g/mol. The van der Waals surface area contributed by atoms with Gasteiger partial charge in [-0.2, -0.15) is 0 Å². The van der Waals surface area contributed by atoms with E-state index >= 15 is 0 Å². The summed E-state index contributed by atoms with van der Waals surface area (Å²) in [5, 5.41) is 2.83. The smallest absolute Gasteiger partial charge is 0.251 e. The van der Waals surface area contributed by atoms with E-state index in [0.717, 1.165) is 6.26 Å². The van der Waals surface area contributed by atoms with Crippen LogP contribution in [0.5, 0.6) is 0 Å². The SMILES string of the molecule is CC(CCl)C(C)NC(=O)c1ccc(S(C)(=O)=O)cc1. The van der Waals surface area contributed by atoms with E-state index in [0.29, 0.717) is 11.4 Å². The number of alkyl halides is 1. The van der Waals surface area contributed by atoms with Gasteiger partial charge in [-0.25, -0.2) is 8.42 Å². The molecule has 106 valence electrons. The van der Waals surface area contributed by atoms with Crippen molar-refractivity contribution in [1.82, 2.24) is 5.32 Å². The van der Waals surface area contributed by atoms with Crippen LogP contribution in [0, 0.1) is 5.92 Å². The van der Waals surface area contributed by atoms with Crippen molar-refractivity contribution < 1.29 is 13.2 Å². The van der Waals surface area contributed by atoms with Crippen LogP contribution in [-0.4, -0.2) is 32.5 Å². The van der Waals surface area contributed by atoms with Crippen LogP contribution in [0.4, 0.5) is 0 Å². The van der Waals surface area contributed by atoms with Crippen molar-refractivity contribution in [3.63, 3.8) is 0 Å². The molecule has 0 aliphatic rings. The number of carbonyl (C=O) groups is 1. The largest absolute Gasteiger partial charge is 0.349 e. The number of benzene rings is 1. The average molecular weight is 304 g/mol. The van der Waals surface area contributed by atoms with Crippen molar-refractivity contribution >= 4 is 27.3 Å². The summed E-state index contributed by atoms with van der Waals surface area (Å²) >= 11 is 5.73. The molecule has 0 bridgehead atoms. The van der Waals surface area contributed by atoms with Crippen molar-refractivity contribution in [3.05, 3.63) is 29.8 Å². The Kier molecular flexibility index (Phi) is 5.38. The van der Waals surface area contributed by atoms with Crippen molar-refractivity contribution in [2.75, 3.05) is 12.1 Å². The highest BCUT2D eigenvalue weighted by Crippen LogP contribution is 2.11. The Morgan fingerprint density at radius 1 is 1.26 bits per heavy atom. The monoisotopic (exact) mass is 303 g/mol. The van der Waals surface area contributed by atoms with Gasteiger partial charge in [-0.1, -0.05) is 6.92 Å². The lowest BCUT2D eigenvalue weighted by Crippen LogP contribution is -2.37. The Hall–Kier alpha value is -1.07. The Morgan fingerprint density at radius 2 is 1.79 bits per heavy atom. The predicted octanol–water partition coefficient (Wildman–Crippen LogP) is 2.08. The van der Waals surface area contributed by atoms with Gasteiger partial charge >= 0.3 is 0 Å². The molecule has 2 atom stereocenters. The quantitative estimate of drug-likeness (QED) is 0.847. The van der Waals surface area contributed by atoms with Gasteiger partial charge in [0.25, 0.3) is 5.91 Å². The lowest BCUT2D eigenvalue weighted by atomic mass is 10.1. The molecule has 0 heterocycles. The third kappa shape index (κ3) is 4.51. The molecule has 19 heavy (non-hydrogen) atoms. The van der Waals surface area contributed by atoms with Gasteiger partial charge in [0.2, 0.25) is 0 Å². The van der Waals surface area contributed by atoms with E-state index in [1.54, 1.807) is 0 Å². The molecule has 1 aromatic rings. The van der Waals surface area contributed by atoms with Crippen LogP contribution >= 0.6 is 11.6 Å². The molecular formula is C13H18ClNO3S. The lowest BCUT2D eigenvalue weighted by Gasteiger charge is -2.19. The molecule has 0 aliphatic heterocycles. The summed E-state index contributed by atoms with van der Waals surface area (Å²) in [5.74, 6) is 0.402. The van der Waals surface area contributed by atoms with Crippen molar-refractivity contribution in [1.29, 1.82) is 0 Å². The van der Waals surface area contributed by atoms with E-state index in [4.69, 9.17) is 11.6 Å². The topological polar surface area (TPSA) is 63.2 Å². The third-order valence-electron chi connectivity index (χ3n) is 3.00. The van der Waals surface area contributed by atoms with Crippen LogP contribution < -0.4 is 5.32 Å². The second kappa shape index (κ2) is 6.39. The normalized spacial score (nSPS) is 14.7. The van der Waals surface area contributed by atoms with Crippen LogP contribution in [0.15, 0.2) is 29.2 Å². The van der Waals surface area contributed by atoms with Gasteiger partial charge in [-0.15, -0.1) is 11.6 Å². The molecule has 0 fully saturated rings. The first-order valence-electron chi connectivity index (χ1n) is 5.92. The Morgan fingerprint density at radius 3 is 2.21 bits per heavy atom. The summed E-state index contributed by atoms with van der Waals surface area (Å²) < 4.78 is 22.6. The number of amides is 1. The fourth-order valence-electron chi connectivity index (χ4n) is 1.42. The number of hydrogen-bond donors (Lipinski definition) is 1. The van der Waals surface area contributed by atoms with E-state index in [2.05, 4.69) is 5.32 Å². The van der Waals surface area contributed by atoms with Gasteiger partial charge in [0.05, 0.1) is 4.90 Å². The van der Waals surface area contributed by atoms with E-state index in [1.807, 2.05) is 13.8 Å². The zero-order chi connectivity index (χ0) is 14.6. The summed E-state index contributed by atoms with van der Waals surface area (Å²) in [4.78, 5) is 12.1. The molecule has 6 heteroatoms. The minimum Gasteiger partial charge on any atom is -0.349 e. The van der Waals surface area contributed by atoms with E-state index in [1.165, 1.54) is 24.3 Å². The highest BCUT2D eigenvalue weighted by molar-refractivity contribution is 7.90. The molecule has 0 spiro atoms. The second-order valence-corrected chi connectivity index (χ2v) is 7.01. The maximum atomic E-state index is 11.9. The van der Waals surface area contributed by atoms with Gasteiger partial charge in [0.1, 0.15) is 0 Å². The molecule has 0 aromatic heterocycles. The highest BCUT2D eigenvalue weighted by Gasteiger charge is 2.15. The molecule has 0 saturated carbocycles. The summed E-state index contributed by atoms with van der Waals surface area (Å²) in [5.41, 5.74) is 0.432. The van der Waals surface area contributed by atoms with Crippen molar-refractivity contribution in [2.24, 2.45) is 5.92 Å². The number of halogens is 1. The second-order valence-electron chi connectivity index (χ2n) is 4.69. The third-order valence-corrected chi connectivity index (χ3v) is 4.62. The minimum absolute atomic E-state index is 0.0421. The predicted molar refractivity (Wildman–Crippen MR) is 76.4 cm³/mol. The van der Waals surface area contributed by atoms with Gasteiger partial charge in [0, 0.05) is 23.7 Å². The van der Waals surface area contributed by atoms with Gasteiger partial charge in [-0.3, -0.25) is 4.79 Å². The maximum absolute atomic E-state index is 11.9. The minimum atomic E-state index is -3.23. The molecule has 1 aromatic carbocycles. The fraction of sp³-hybridized carbons (Fsp3) is 0.462. The van der Waals surface area contributed by atoms with Gasteiger partial charge < -0.3 is 5.32 Å². The highest BCUT2D eigenvalue weighted by atomic mass is 35.5. The number of carbonyl (C=O) groups excluding carboxylic acids is 1. The zero-order valence-corrected chi connectivity index (χ0v) is 12.8. The number of rotatable bonds is 5. The van der Waals surface area contributed by atoms with Crippen LogP contribution in [0.1, 0.15) is 24.2 Å². The number of nitrogens with one attached hydrogen (secondary N) is 1. The molecule has 0 radical (unpaired) electrons. The maximum Gasteiger partial charge on any atom is 0.251 e. The summed E-state index contributed by atoms with van der Waals surface area (Å²) in [7, 11) is -3.23. The molecule has 1 rings (SSSR count). The molecule has 1 N–H and O–H groups in total. The first-order valence-corrected chi connectivity index (χ1v) is 8.35. The molecule has 0 aliphatic carbocycles. The van der Waals surface area contributed by atoms with Crippen molar-refractivity contribution in [3.8, 4) is 0 Å². The molecule has 0 saturated heterocycles. The van der Waals surface area contributed by atoms with Crippen LogP contribution in [0.25, 0.3) is 0 Å². The van der Waals surface area contributed by atoms with Crippen LogP contribution in [0.3, 0.4) is 0 Å². The Balaban J connectivity index is 2.79. The summed E-state index contributed by atoms with van der Waals surface area (Å²) in [6.45, 7) is 3.83. The summed E-state index contributed by atoms with van der Waals surface area (Å²) in [6, 6.07) is 5.83. The zero-order valence-electron chi connectivity index (χ0n) is 11.2. The molecule has 1 amide bonds. The average Bonchev–Trinajstić information content (AvgIpc) is 2.36. The number of hydrogen-bond acceptors (Lipinski definition) is 3. The standard InChI is InChI=1S/C13H18ClNO3S/c1-9(8-14)10(2)15-13(16)11-4-6-12(7-5-11)19(3,17)18/h4-7,9-10H,8H2,1-3H3,(H,15,16). The fourth-order valence-corrected chi connectivity index (χ4v) is 2.32. The van der Waals surface area contributed by atoms with Crippen molar-refractivity contribution in [2.45, 2.75) is 24.8 Å². The van der Waals surface area contributed by atoms with E-state index in [9.17, 15) is 13.2 Å². The first kappa shape index (κ1) is 16.0. The summed E-state index contributed by atoms with van der Waals surface area (Å²) in [6.07, 6.45) is 1.13. The van der Waals surface area contributed by atoms with Gasteiger partial charge in [0.15, 0.2) is 9.84 Å². The van der Waals surface area contributed by atoms with Crippen LogP contribution in [0.2, 0.25) is 0 Å². The Bertz CT molecular complexity index is 540. The van der Waals surface area contributed by atoms with Crippen LogP contribution in [-0.2, 0) is 9.84 Å².